The molecule has 1 amide bonds. The van der Waals surface area contributed by atoms with Crippen molar-refractivity contribution in [2.45, 2.75) is 38.6 Å². The summed E-state index contributed by atoms with van der Waals surface area (Å²) in [5.74, 6) is -1.34. The van der Waals surface area contributed by atoms with Crippen LogP contribution >= 0.6 is 0 Å². The van der Waals surface area contributed by atoms with Crippen LogP contribution in [0.2, 0.25) is 0 Å². The fourth-order valence-electron chi connectivity index (χ4n) is 2.19. The van der Waals surface area contributed by atoms with E-state index in [0.717, 1.165) is 5.56 Å². The first-order valence-corrected chi connectivity index (χ1v) is 6.96. The van der Waals surface area contributed by atoms with Crippen LogP contribution in [0, 0.1) is 0 Å². The van der Waals surface area contributed by atoms with Crippen LogP contribution in [0.1, 0.15) is 25.3 Å². The Morgan fingerprint density at radius 1 is 1.38 bits per heavy atom. The number of carbonyl (C=O) groups is 2. The second-order valence-electron chi connectivity index (χ2n) is 4.86. The fraction of sp³-hybridized carbons (Fsp3) is 0.467. The van der Waals surface area contributed by atoms with E-state index in [2.05, 4.69) is 5.32 Å². The highest BCUT2D eigenvalue weighted by Gasteiger charge is 2.34. The predicted octanol–water partition coefficient (Wildman–Crippen LogP) is 1.79. The Hall–Kier alpha value is -1.92. The van der Waals surface area contributed by atoms with E-state index < -0.39 is 18.2 Å². The molecule has 0 aromatic heterocycles. The maximum atomic E-state index is 12.0. The van der Waals surface area contributed by atoms with Gasteiger partial charge in [-0.25, -0.2) is 4.79 Å². The third-order valence-electron chi connectivity index (χ3n) is 3.25. The smallest absolute Gasteiger partial charge is 0.332 e. The van der Waals surface area contributed by atoms with Crippen molar-refractivity contribution in [1.29, 1.82) is 0 Å². The third-order valence-corrected chi connectivity index (χ3v) is 3.25. The molecule has 6 nitrogen and oxygen atoms in total. The Morgan fingerprint density at radius 3 is 2.81 bits per heavy atom. The maximum Gasteiger partial charge on any atom is 0.332 e. The molecule has 0 unspecified atom stereocenters. The first-order chi connectivity index (χ1) is 10.1. The van der Waals surface area contributed by atoms with Crippen molar-refractivity contribution in [3.05, 3.63) is 29.8 Å². The Bertz CT molecular complexity index is 517. The van der Waals surface area contributed by atoms with Gasteiger partial charge in [0.15, 0.2) is 6.10 Å². The van der Waals surface area contributed by atoms with E-state index in [0.29, 0.717) is 31.7 Å². The molecule has 1 saturated heterocycles. The summed E-state index contributed by atoms with van der Waals surface area (Å²) in [5.41, 5.74) is 1.62. The van der Waals surface area contributed by atoms with Gasteiger partial charge in [-0.2, -0.15) is 0 Å². The monoisotopic (exact) mass is 293 g/mol. The number of hydrogen-bond donors (Lipinski definition) is 2. The summed E-state index contributed by atoms with van der Waals surface area (Å²) in [5, 5.41) is 11.6. The first-order valence-electron chi connectivity index (χ1n) is 6.96. The summed E-state index contributed by atoms with van der Waals surface area (Å²) >= 11 is 0. The Morgan fingerprint density at radius 2 is 2.14 bits per heavy atom. The van der Waals surface area contributed by atoms with Crippen LogP contribution in [-0.2, 0) is 25.7 Å². The molecule has 21 heavy (non-hydrogen) atoms. The molecular weight excluding hydrogens is 274 g/mol. The molecule has 0 saturated carbocycles. The van der Waals surface area contributed by atoms with E-state index in [9.17, 15) is 9.59 Å². The van der Waals surface area contributed by atoms with Gasteiger partial charge in [0.2, 0.25) is 0 Å². The number of anilines is 1. The summed E-state index contributed by atoms with van der Waals surface area (Å²) < 4.78 is 10.5. The summed E-state index contributed by atoms with van der Waals surface area (Å²) in [6.07, 6.45) is -0.814. The molecule has 1 aromatic carbocycles. The lowest BCUT2D eigenvalue weighted by atomic mass is 10.1. The van der Waals surface area contributed by atoms with Crippen LogP contribution in [0.3, 0.4) is 0 Å². The van der Waals surface area contributed by atoms with Crippen LogP contribution in [0.5, 0.6) is 0 Å². The summed E-state index contributed by atoms with van der Waals surface area (Å²) in [6, 6.07) is 7.35. The number of carbonyl (C=O) groups excluding carboxylic acids is 1. The SMILES string of the molecule is CCOCc1cccc(NC(=O)[C@@H]2CC[C@H](C(=O)O)O2)c1. The van der Waals surface area contributed by atoms with Crippen molar-refractivity contribution in [2.75, 3.05) is 11.9 Å². The maximum absolute atomic E-state index is 12.0. The number of ether oxygens (including phenoxy) is 2. The Labute approximate surface area is 123 Å². The number of nitrogens with one attached hydrogen (secondary N) is 1. The quantitative estimate of drug-likeness (QED) is 0.835. The zero-order valence-corrected chi connectivity index (χ0v) is 11.9. The first kappa shape index (κ1) is 15.5. The van der Waals surface area contributed by atoms with Gasteiger partial charge in [0, 0.05) is 12.3 Å². The van der Waals surface area contributed by atoms with Gasteiger partial charge in [-0.1, -0.05) is 12.1 Å². The normalized spacial score (nSPS) is 21.2. The molecule has 0 spiro atoms. The standard InChI is InChI=1S/C15H19NO5/c1-2-20-9-10-4-3-5-11(8-10)16-14(17)12-6-7-13(21-12)15(18)19/h3-5,8,12-13H,2,6-7,9H2,1H3,(H,16,17)(H,18,19)/t12-,13+/m0/s1. The molecule has 6 heteroatoms. The lowest BCUT2D eigenvalue weighted by Crippen LogP contribution is -2.29. The minimum Gasteiger partial charge on any atom is -0.479 e. The molecular formula is C15H19NO5. The molecule has 0 aliphatic carbocycles. The third kappa shape index (κ3) is 4.27. The lowest BCUT2D eigenvalue weighted by Gasteiger charge is -2.12. The van der Waals surface area contributed by atoms with Gasteiger partial charge in [-0.3, -0.25) is 4.79 Å². The Kier molecular flexibility index (Phi) is 5.30. The summed E-state index contributed by atoms with van der Waals surface area (Å²) in [4.78, 5) is 22.9. The molecule has 2 rings (SSSR count). The minimum atomic E-state index is -1.02. The molecule has 1 fully saturated rings. The van der Waals surface area contributed by atoms with Crippen molar-refractivity contribution in [3.8, 4) is 0 Å². The zero-order chi connectivity index (χ0) is 15.2. The van der Waals surface area contributed by atoms with Crippen molar-refractivity contribution >= 4 is 17.6 Å². The molecule has 2 atom stereocenters. The van der Waals surface area contributed by atoms with Crippen LogP contribution < -0.4 is 5.32 Å². The van der Waals surface area contributed by atoms with Gasteiger partial charge in [-0.15, -0.1) is 0 Å². The fourth-order valence-corrected chi connectivity index (χ4v) is 2.19. The summed E-state index contributed by atoms with van der Waals surface area (Å²) in [7, 11) is 0. The molecule has 1 aliphatic rings. The molecule has 1 aromatic rings. The van der Waals surface area contributed by atoms with Crippen LogP contribution in [-0.4, -0.2) is 35.8 Å². The lowest BCUT2D eigenvalue weighted by molar-refractivity contribution is -0.150. The number of benzene rings is 1. The number of aliphatic carboxylic acids is 1. The van der Waals surface area contributed by atoms with Crippen molar-refractivity contribution < 1.29 is 24.2 Å². The van der Waals surface area contributed by atoms with Gasteiger partial charge in [0.1, 0.15) is 6.10 Å². The van der Waals surface area contributed by atoms with Gasteiger partial charge in [-0.05, 0) is 37.5 Å². The zero-order valence-electron chi connectivity index (χ0n) is 11.9. The van der Waals surface area contributed by atoms with E-state index >= 15 is 0 Å². The van der Waals surface area contributed by atoms with Gasteiger partial charge >= 0.3 is 5.97 Å². The van der Waals surface area contributed by atoms with E-state index in [4.69, 9.17) is 14.6 Å². The summed E-state index contributed by atoms with van der Waals surface area (Å²) in [6.45, 7) is 3.03. The van der Waals surface area contributed by atoms with E-state index in [-0.39, 0.29) is 5.91 Å². The van der Waals surface area contributed by atoms with Crippen molar-refractivity contribution in [1.82, 2.24) is 0 Å². The predicted molar refractivity (Wildman–Crippen MR) is 75.9 cm³/mol. The van der Waals surface area contributed by atoms with Crippen LogP contribution in [0.25, 0.3) is 0 Å². The van der Waals surface area contributed by atoms with E-state index in [1.807, 2.05) is 25.1 Å². The molecule has 0 radical (unpaired) electrons. The van der Waals surface area contributed by atoms with Gasteiger partial charge in [0.05, 0.1) is 6.61 Å². The largest absolute Gasteiger partial charge is 0.479 e. The number of rotatable bonds is 6. The van der Waals surface area contributed by atoms with E-state index in [1.165, 1.54) is 0 Å². The van der Waals surface area contributed by atoms with Crippen LogP contribution in [0.15, 0.2) is 24.3 Å². The van der Waals surface area contributed by atoms with Crippen molar-refractivity contribution in [3.63, 3.8) is 0 Å². The van der Waals surface area contributed by atoms with Crippen LogP contribution in [0.4, 0.5) is 5.69 Å². The second kappa shape index (κ2) is 7.19. The number of hydrogen-bond acceptors (Lipinski definition) is 4. The highest BCUT2D eigenvalue weighted by Crippen LogP contribution is 2.21. The van der Waals surface area contributed by atoms with Crippen molar-refractivity contribution in [2.24, 2.45) is 0 Å². The second-order valence-corrected chi connectivity index (χ2v) is 4.86. The molecule has 1 heterocycles. The number of carboxylic acids is 1. The average molecular weight is 293 g/mol. The highest BCUT2D eigenvalue weighted by molar-refractivity contribution is 5.94. The highest BCUT2D eigenvalue weighted by atomic mass is 16.5. The van der Waals surface area contributed by atoms with E-state index in [1.54, 1.807) is 6.07 Å². The number of amides is 1. The van der Waals surface area contributed by atoms with Gasteiger partial charge in [0.25, 0.3) is 5.91 Å². The Balaban J connectivity index is 1.92. The molecule has 2 N–H and O–H groups in total. The topological polar surface area (TPSA) is 84.9 Å². The molecule has 114 valence electrons. The average Bonchev–Trinajstić information content (AvgIpc) is 2.95. The molecule has 0 bridgehead atoms. The minimum absolute atomic E-state index is 0.313. The van der Waals surface area contributed by atoms with Gasteiger partial charge < -0.3 is 19.9 Å². The number of carboxylic acid groups (broad SMARTS) is 1. The molecule has 1 aliphatic heterocycles.